The monoisotopic (exact) mass is 459 g/mol. The van der Waals surface area contributed by atoms with Crippen molar-refractivity contribution < 1.29 is 9.53 Å². The van der Waals surface area contributed by atoms with Gasteiger partial charge >= 0.3 is 6.09 Å². The predicted molar refractivity (Wildman–Crippen MR) is 69.0 cm³/mol. The normalized spacial score (nSPS) is 12.0. The number of amides is 1. The highest BCUT2D eigenvalue weighted by atomic mass is 127. The van der Waals surface area contributed by atoms with Gasteiger partial charge in [0, 0.05) is 3.58 Å². The van der Waals surface area contributed by atoms with E-state index < -0.39 is 0 Å². The van der Waals surface area contributed by atoms with Gasteiger partial charge in [-0.3, -0.25) is 0 Å². The molecule has 12 heavy (non-hydrogen) atoms. The summed E-state index contributed by atoms with van der Waals surface area (Å²) in [5.41, 5.74) is 0. The summed E-state index contributed by atoms with van der Waals surface area (Å²) in [7, 11) is 0. The van der Waals surface area contributed by atoms with E-state index in [-0.39, 0.29) is 6.09 Å². The standard InChI is InChI=1S/C6H8BrI2NO2/c1-2-12-6(11)10-3-4(8)5(7)9/h2-3H2,1H3,(H,10,11). The molecule has 1 amide bonds. The SMILES string of the molecule is CCOC(=O)NCC(I)=C(Br)I. The van der Waals surface area contributed by atoms with Gasteiger partial charge in [-0.05, 0) is 68.0 Å². The van der Waals surface area contributed by atoms with Crippen molar-refractivity contribution >= 4 is 67.2 Å². The molecule has 0 radical (unpaired) electrons. The number of halogens is 3. The first-order valence-corrected chi connectivity index (χ1v) is 6.13. The molecule has 0 aliphatic carbocycles. The Bertz CT molecular complexity index is 192. The number of nitrogens with one attached hydrogen (secondary N) is 1. The van der Waals surface area contributed by atoms with Crippen molar-refractivity contribution in [3.8, 4) is 0 Å². The first-order chi connectivity index (χ1) is 5.57. The molecule has 1 N–H and O–H groups in total. The number of rotatable bonds is 3. The number of carbonyl (C=O) groups excluding carboxylic acids is 1. The van der Waals surface area contributed by atoms with Gasteiger partial charge in [-0.25, -0.2) is 4.79 Å². The Morgan fingerprint density at radius 3 is 2.58 bits per heavy atom. The molecule has 0 bridgehead atoms. The number of carbonyl (C=O) groups is 1. The highest BCUT2D eigenvalue weighted by Crippen LogP contribution is 2.23. The van der Waals surface area contributed by atoms with Crippen LogP contribution >= 0.6 is 61.1 Å². The molecule has 0 saturated heterocycles. The van der Waals surface area contributed by atoms with Crippen molar-refractivity contribution in [1.82, 2.24) is 5.32 Å². The molecular weight excluding hydrogens is 452 g/mol. The summed E-state index contributed by atoms with van der Waals surface area (Å²) < 4.78 is 6.72. The number of hydrogen-bond donors (Lipinski definition) is 1. The summed E-state index contributed by atoms with van der Waals surface area (Å²) in [6, 6.07) is 0. The minimum absolute atomic E-state index is 0.378. The number of alkyl carbamates (subject to hydrolysis) is 1. The van der Waals surface area contributed by atoms with E-state index in [0.29, 0.717) is 13.2 Å². The molecule has 0 spiro atoms. The zero-order chi connectivity index (χ0) is 9.56. The Hall–Kier alpha value is 0.950. The molecule has 0 aliphatic rings. The Labute approximate surface area is 107 Å². The van der Waals surface area contributed by atoms with E-state index in [1.54, 1.807) is 6.92 Å². The van der Waals surface area contributed by atoms with Gasteiger partial charge in [-0.2, -0.15) is 0 Å². The molecule has 3 nitrogen and oxygen atoms in total. The Kier molecular flexibility index (Phi) is 7.95. The minimum Gasteiger partial charge on any atom is -0.450 e. The highest BCUT2D eigenvalue weighted by Gasteiger charge is 2.01. The second kappa shape index (κ2) is 7.36. The molecule has 0 aromatic rings. The van der Waals surface area contributed by atoms with Crippen molar-refractivity contribution in [3.05, 3.63) is 6.07 Å². The molecule has 6 heteroatoms. The van der Waals surface area contributed by atoms with E-state index in [2.05, 4.69) is 71.2 Å². The van der Waals surface area contributed by atoms with Crippen LogP contribution in [0, 0.1) is 0 Å². The van der Waals surface area contributed by atoms with Crippen LogP contribution in [0.1, 0.15) is 6.92 Å². The summed E-state index contributed by atoms with van der Waals surface area (Å²) in [5.74, 6) is 0. The van der Waals surface area contributed by atoms with Crippen LogP contribution in [-0.2, 0) is 4.74 Å². The average Bonchev–Trinajstić information content (AvgIpc) is 2.00. The first kappa shape index (κ1) is 12.9. The van der Waals surface area contributed by atoms with Gasteiger partial charge in [0.05, 0.1) is 15.6 Å². The van der Waals surface area contributed by atoms with Gasteiger partial charge in [0.2, 0.25) is 0 Å². The van der Waals surface area contributed by atoms with Crippen LogP contribution in [0.5, 0.6) is 0 Å². The quantitative estimate of drug-likeness (QED) is 0.658. The summed E-state index contributed by atoms with van der Waals surface area (Å²) in [6.07, 6.45) is -0.378. The molecule has 0 fully saturated rings. The van der Waals surface area contributed by atoms with Crippen LogP contribution < -0.4 is 5.32 Å². The topological polar surface area (TPSA) is 38.3 Å². The van der Waals surface area contributed by atoms with Gasteiger partial charge in [0.15, 0.2) is 0 Å². The van der Waals surface area contributed by atoms with Crippen molar-refractivity contribution in [2.24, 2.45) is 0 Å². The molecule has 0 unspecified atom stereocenters. The second-order valence-electron chi connectivity index (χ2n) is 1.74. The maximum atomic E-state index is 10.8. The lowest BCUT2D eigenvalue weighted by Gasteiger charge is -2.04. The second-order valence-corrected chi connectivity index (χ2v) is 6.40. The van der Waals surface area contributed by atoms with Gasteiger partial charge in [-0.1, -0.05) is 0 Å². The van der Waals surface area contributed by atoms with Crippen LogP contribution in [0.4, 0.5) is 4.79 Å². The number of hydrogen-bond acceptors (Lipinski definition) is 2. The lowest BCUT2D eigenvalue weighted by atomic mass is 10.6. The molecule has 0 aliphatic heterocycles. The molecule has 0 rings (SSSR count). The van der Waals surface area contributed by atoms with Crippen molar-refractivity contribution in [3.63, 3.8) is 0 Å². The van der Waals surface area contributed by atoms with Gasteiger partial charge in [0.25, 0.3) is 0 Å². The summed E-state index contributed by atoms with van der Waals surface area (Å²) >= 11 is 7.58. The van der Waals surface area contributed by atoms with Crippen molar-refractivity contribution in [2.75, 3.05) is 13.2 Å². The fourth-order valence-corrected chi connectivity index (χ4v) is 0.920. The largest absolute Gasteiger partial charge is 0.450 e. The average molecular weight is 460 g/mol. The van der Waals surface area contributed by atoms with Crippen molar-refractivity contribution in [2.45, 2.75) is 6.92 Å². The van der Waals surface area contributed by atoms with Gasteiger partial charge < -0.3 is 10.1 Å². The zero-order valence-electron chi connectivity index (χ0n) is 6.36. The highest BCUT2D eigenvalue weighted by molar-refractivity contribution is 14.1. The van der Waals surface area contributed by atoms with E-state index in [4.69, 9.17) is 0 Å². The zero-order valence-corrected chi connectivity index (χ0v) is 12.3. The lowest BCUT2D eigenvalue weighted by Crippen LogP contribution is -2.25. The van der Waals surface area contributed by atoms with E-state index in [1.807, 2.05) is 0 Å². The molecule has 70 valence electrons. The smallest absolute Gasteiger partial charge is 0.407 e. The molecule has 0 heterocycles. The van der Waals surface area contributed by atoms with Crippen LogP contribution in [0.25, 0.3) is 0 Å². The summed E-state index contributed by atoms with van der Waals surface area (Å²) in [5, 5.41) is 2.60. The molecule has 0 saturated carbocycles. The molecule has 0 atom stereocenters. The third kappa shape index (κ3) is 6.46. The summed E-state index contributed by atoms with van der Waals surface area (Å²) in [6.45, 7) is 2.68. The third-order valence-electron chi connectivity index (χ3n) is 0.868. The van der Waals surface area contributed by atoms with E-state index in [0.717, 1.165) is 6.07 Å². The fraction of sp³-hybridized carbons (Fsp3) is 0.500. The Morgan fingerprint density at radius 1 is 1.58 bits per heavy atom. The predicted octanol–water partition coefficient (Wildman–Crippen LogP) is 3.17. The fourth-order valence-electron chi connectivity index (χ4n) is 0.399. The van der Waals surface area contributed by atoms with E-state index in [9.17, 15) is 4.79 Å². The maximum absolute atomic E-state index is 10.8. The lowest BCUT2D eigenvalue weighted by molar-refractivity contribution is 0.153. The molecule has 0 aromatic heterocycles. The first-order valence-electron chi connectivity index (χ1n) is 3.18. The minimum atomic E-state index is -0.378. The van der Waals surface area contributed by atoms with Crippen LogP contribution in [0.3, 0.4) is 0 Å². The summed E-state index contributed by atoms with van der Waals surface area (Å²) in [4.78, 5) is 10.8. The maximum Gasteiger partial charge on any atom is 0.407 e. The van der Waals surface area contributed by atoms with Gasteiger partial charge in [-0.15, -0.1) is 0 Å². The van der Waals surface area contributed by atoms with Crippen LogP contribution in [0.15, 0.2) is 6.07 Å². The molecule has 0 aromatic carbocycles. The third-order valence-corrected chi connectivity index (χ3v) is 4.69. The Morgan fingerprint density at radius 2 is 2.17 bits per heavy atom. The van der Waals surface area contributed by atoms with Crippen molar-refractivity contribution in [1.29, 1.82) is 0 Å². The van der Waals surface area contributed by atoms with Crippen LogP contribution in [-0.4, -0.2) is 19.2 Å². The van der Waals surface area contributed by atoms with E-state index >= 15 is 0 Å². The van der Waals surface area contributed by atoms with Gasteiger partial charge in [0.1, 0.15) is 0 Å². The number of ether oxygens (including phenoxy) is 1. The molecular formula is C6H8BrI2NO2. The van der Waals surface area contributed by atoms with E-state index in [1.165, 1.54) is 0 Å². The Balaban J connectivity index is 3.69. The van der Waals surface area contributed by atoms with Crippen LogP contribution in [0.2, 0.25) is 0 Å².